The molecule has 0 amide bonds. The van der Waals surface area contributed by atoms with Crippen LogP contribution in [-0.4, -0.2) is 34.5 Å². The highest BCUT2D eigenvalue weighted by molar-refractivity contribution is 7.71. The lowest BCUT2D eigenvalue weighted by atomic mass is 10.1. The van der Waals surface area contributed by atoms with Crippen molar-refractivity contribution < 1.29 is 0 Å². The van der Waals surface area contributed by atoms with Crippen molar-refractivity contribution in [3.63, 3.8) is 0 Å². The zero-order valence-corrected chi connectivity index (χ0v) is 16.1. The second-order valence-corrected chi connectivity index (χ2v) is 7.27. The number of hydrogen-bond donors (Lipinski definition) is 2. The number of nitrogens with zero attached hydrogens (tertiary/aromatic N) is 1. The van der Waals surface area contributed by atoms with E-state index < -0.39 is 0 Å². The van der Waals surface area contributed by atoms with E-state index in [2.05, 4.69) is 52.1 Å². The standard InChI is InChI=1S/C20H24ClN3S/c1-2-11-24(12-9-15-3-6-17(21)7-4-15)13-10-16-5-8-18-19(14-16)23-20(25)22-18/h3-8,14H,2,9-13H2,1H3,(H2,22,23,25). The molecule has 0 saturated carbocycles. The molecule has 0 atom stereocenters. The fourth-order valence-electron chi connectivity index (χ4n) is 3.11. The van der Waals surface area contributed by atoms with Gasteiger partial charge in [0.2, 0.25) is 0 Å². The highest BCUT2D eigenvalue weighted by Crippen LogP contribution is 2.14. The molecule has 2 N–H and O–H groups in total. The van der Waals surface area contributed by atoms with E-state index in [-0.39, 0.29) is 0 Å². The third kappa shape index (κ3) is 5.18. The summed E-state index contributed by atoms with van der Waals surface area (Å²) in [7, 11) is 0. The summed E-state index contributed by atoms with van der Waals surface area (Å²) in [6, 6.07) is 14.7. The number of hydrogen-bond acceptors (Lipinski definition) is 2. The van der Waals surface area contributed by atoms with Gasteiger partial charge in [0.05, 0.1) is 11.0 Å². The molecule has 3 nitrogen and oxygen atoms in total. The normalized spacial score (nSPS) is 11.5. The van der Waals surface area contributed by atoms with Crippen molar-refractivity contribution in [2.75, 3.05) is 19.6 Å². The van der Waals surface area contributed by atoms with Crippen LogP contribution in [0.1, 0.15) is 24.5 Å². The molecule has 0 spiro atoms. The Bertz CT molecular complexity index is 867. The van der Waals surface area contributed by atoms with E-state index in [1.807, 2.05) is 12.1 Å². The Kier molecular flexibility index (Phi) is 6.29. The molecule has 2 aromatic carbocycles. The zero-order chi connectivity index (χ0) is 17.6. The highest BCUT2D eigenvalue weighted by atomic mass is 35.5. The molecule has 1 aromatic heterocycles. The third-order valence-corrected chi connectivity index (χ3v) is 4.92. The number of H-pyrrole nitrogens is 2. The number of fused-ring (bicyclic) bond motifs is 1. The SMILES string of the molecule is CCCN(CCc1ccc(Cl)cc1)CCc1ccc2[nH]c(=S)[nH]c2c1. The van der Waals surface area contributed by atoms with Crippen LogP contribution in [0.15, 0.2) is 42.5 Å². The fourth-order valence-corrected chi connectivity index (χ4v) is 3.46. The maximum atomic E-state index is 5.96. The summed E-state index contributed by atoms with van der Waals surface area (Å²) < 4.78 is 0.683. The second kappa shape index (κ2) is 8.65. The number of imidazole rings is 1. The Morgan fingerprint density at radius 2 is 1.52 bits per heavy atom. The topological polar surface area (TPSA) is 34.8 Å². The first kappa shape index (κ1) is 18.2. The Hall–Kier alpha value is -1.62. The maximum Gasteiger partial charge on any atom is 0.175 e. The smallest absolute Gasteiger partial charge is 0.175 e. The van der Waals surface area contributed by atoms with E-state index in [1.54, 1.807) is 0 Å². The lowest BCUT2D eigenvalue weighted by Crippen LogP contribution is -2.29. The van der Waals surface area contributed by atoms with E-state index in [1.165, 1.54) is 17.5 Å². The average molecular weight is 374 g/mol. The fraction of sp³-hybridized carbons (Fsp3) is 0.350. The summed E-state index contributed by atoms with van der Waals surface area (Å²) in [5.41, 5.74) is 4.84. The summed E-state index contributed by atoms with van der Waals surface area (Å²) in [5.74, 6) is 0. The van der Waals surface area contributed by atoms with Gasteiger partial charge >= 0.3 is 0 Å². The van der Waals surface area contributed by atoms with Gasteiger partial charge in [-0.1, -0.05) is 36.7 Å². The summed E-state index contributed by atoms with van der Waals surface area (Å²) >= 11 is 11.1. The van der Waals surface area contributed by atoms with Gasteiger partial charge in [0, 0.05) is 18.1 Å². The van der Waals surface area contributed by atoms with E-state index in [9.17, 15) is 0 Å². The minimum Gasteiger partial charge on any atom is -0.331 e. The van der Waals surface area contributed by atoms with Crippen LogP contribution in [0.25, 0.3) is 11.0 Å². The molecule has 0 bridgehead atoms. The lowest BCUT2D eigenvalue weighted by Gasteiger charge is -2.21. The van der Waals surface area contributed by atoms with E-state index in [0.717, 1.165) is 48.5 Å². The maximum absolute atomic E-state index is 5.96. The molecule has 132 valence electrons. The zero-order valence-electron chi connectivity index (χ0n) is 14.5. The van der Waals surface area contributed by atoms with Gasteiger partial charge in [-0.25, -0.2) is 0 Å². The van der Waals surface area contributed by atoms with E-state index in [0.29, 0.717) is 4.77 Å². The molecule has 1 heterocycles. The molecule has 0 radical (unpaired) electrons. The molecule has 3 aromatic rings. The van der Waals surface area contributed by atoms with E-state index in [4.69, 9.17) is 23.8 Å². The number of aromatic nitrogens is 2. The minimum atomic E-state index is 0.683. The molecule has 0 aliphatic carbocycles. The largest absolute Gasteiger partial charge is 0.331 e. The highest BCUT2D eigenvalue weighted by Gasteiger charge is 2.06. The van der Waals surface area contributed by atoms with Crippen LogP contribution < -0.4 is 0 Å². The van der Waals surface area contributed by atoms with Crippen molar-refractivity contribution in [1.82, 2.24) is 14.9 Å². The van der Waals surface area contributed by atoms with Gasteiger partial charge in [-0.15, -0.1) is 0 Å². The van der Waals surface area contributed by atoms with Gasteiger partial charge in [-0.05, 0) is 73.4 Å². The first-order chi connectivity index (χ1) is 12.1. The van der Waals surface area contributed by atoms with Crippen molar-refractivity contribution in [1.29, 1.82) is 0 Å². The van der Waals surface area contributed by atoms with Crippen LogP contribution in [0.3, 0.4) is 0 Å². The molecule has 25 heavy (non-hydrogen) atoms. The van der Waals surface area contributed by atoms with Crippen molar-refractivity contribution in [3.8, 4) is 0 Å². The first-order valence-electron chi connectivity index (χ1n) is 8.82. The molecule has 0 aliphatic heterocycles. The lowest BCUT2D eigenvalue weighted by molar-refractivity contribution is 0.281. The number of halogens is 1. The van der Waals surface area contributed by atoms with Crippen LogP contribution in [-0.2, 0) is 12.8 Å². The Labute approximate surface area is 159 Å². The third-order valence-electron chi connectivity index (χ3n) is 4.47. The average Bonchev–Trinajstić information content (AvgIpc) is 2.98. The molecular formula is C20H24ClN3S. The first-order valence-corrected chi connectivity index (χ1v) is 9.60. The predicted molar refractivity (Wildman–Crippen MR) is 109 cm³/mol. The molecule has 0 fully saturated rings. The minimum absolute atomic E-state index is 0.683. The summed E-state index contributed by atoms with van der Waals surface area (Å²) in [4.78, 5) is 8.89. The Morgan fingerprint density at radius 3 is 2.24 bits per heavy atom. The molecule has 0 unspecified atom stereocenters. The molecule has 0 aliphatic rings. The molecule has 0 saturated heterocycles. The number of nitrogens with one attached hydrogen (secondary N) is 2. The van der Waals surface area contributed by atoms with Gasteiger partial charge in [0.15, 0.2) is 4.77 Å². The molecule has 5 heteroatoms. The molecule has 3 rings (SSSR count). The van der Waals surface area contributed by atoms with Gasteiger partial charge < -0.3 is 14.9 Å². The summed E-state index contributed by atoms with van der Waals surface area (Å²) in [5, 5.41) is 0.799. The Balaban J connectivity index is 1.58. The van der Waals surface area contributed by atoms with Crippen LogP contribution in [0, 0.1) is 4.77 Å². The summed E-state index contributed by atoms with van der Waals surface area (Å²) in [6.45, 7) is 5.51. The van der Waals surface area contributed by atoms with Crippen molar-refractivity contribution in [2.45, 2.75) is 26.2 Å². The summed E-state index contributed by atoms with van der Waals surface area (Å²) in [6.07, 6.45) is 3.27. The Morgan fingerprint density at radius 1 is 0.880 bits per heavy atom. The van der Waals surface area contributed by atoms with Crippen molar-refractivity contribution in [3.05, 3.63) is 63.4 Å². The van der Waals surface area contributed by atoms with Crippen LogP contribution in [0.4, 0.5) is 0 Å². The number of aromatic amines is 2. The quantitative estimate of drug-likeness (QED) is 0.520. The van der Waals surface area contributed by atoms with Gasteiger partial charge in [0.25, 0.3) is 0 Å². The van der Waals surface area contributed by atoms with Crippen molar-refractivity contribution in [2.24, 2.45) is 0 Å². The number of benzene rings is 2. The van der Waals surface area contributed by atoms with Crippen LogP contribution >= 0.6 is 23.8 Å². The molecular weight excluding hydrogens is 350 g/mol. The van der Waals surface area contributed by atoms with Crippen molar-refractivity contribution >= 4 is 34.9 Å². The number of rotatable bonds is 8. The second-order valence-electron chi connectivity index (χ2n) is 6.43. The monoisotopic (exact) mass is 373 g/mol. The van der Waals surface area contributed by atoms with Gasteiger partial charge in [-0.3, -0.25) is 0 Å². The van der Waals surface area contributed by atoms with Gasteiger partial charge in [-0.2, -0.15) is 0 Å². The van der Waals surface area contributed by atoms with Crippen LogP contribution in [0.5, 0.6) is 0 Å². The van der Waals surface area contributed by atoms with Crippen LogP contribution in [0.2, 0.25) is 5.02 Å². The van der Waals surface area contributed by atoms with E-state index >= 15 is 0 Å². The van der Waals surface area contributed by atoms with Gasteiger partial charge in [0.1, 0.15) is 0 Å². The predicted octanol–water partition coefficient (Wildman–Crippen LogP) is 5.38.